The highest BCUT2D eigenvalue weighted by Gasteiger charge is 2.34. The van der Waals surface area contributed by atoms with Crippen molar-refractivity contribution in [3.63, 3.8) is 0 Å². The van der Waals surface area contributed by atoms with E-state index >= 15 is 0 Å². The normalized spacial score (nSPS) is 25.2. The van der Waals surface area contributed by atoms with E-state index < -0.39 is 0 Å². The molecular weight excluding hydrogens is 228 g/mol. The highest BCUT2D eigenvalue weighted by molar-refractivity contribution is 6.00. The van der Waals surface area contributed by atoms with Crippen LogP contribution in [0.25, 0.3) is 0 Å². The summed E-state index contributed by atoms with van der Waals surface area (Å²) in [5.74, 6) is -0.287. The minimum atomic E-state index is -0.166. The van der Waals surface area contributed by atoms with Gasteiger partial charge in [0.15, 0.2) is 0 Å². The third-order valence-corrected chi connectivity index (χ3v) is 3.63. The van der Waals surface area contributed by atoms with E-state index in [0.717, 1.165) is 19.4 Å². The maximum atomic E-state index is 11.9. The zero-order chi connectivity index (χ0) is 13.1. The summed E-state index contributed by atoms with van der Waals surface area (Å²) in [6, 6.07) is -0.166. The van der Waals surface area contributed by atoms with E-state index in [2.05, 4.69) is 23.2 Å². The average Bonchev–Trinajstić information content (AvgIpc) is 2.72. The lowest BCUT2D eigenvalue weighted by Gasteiger charge is -2.33. The topological polar surface area (TPSA) is 49.4 Å². The van der Waals surface area contributed by atoms with Gasteiger partial charge in [0, 0.05) is 18.7 Å². The van der Waals surface area contributed by atoms with Crippen LogP contribution in [0, 0.1) is 0 Å². The van der Waals surface area contributed by atoms with Gasteiger partial charge in [0.2, 0.25) is 11.8 Å². The van der Waals surface area contributed by atoms with Gasteiger partial charge in [-0.05, 0) is 31.8 Å². The van der Waals surface area contributed by atoms with Crippen LogP contribution in [0.1, 0.15) is 39.5 Å². The molecule has 2 aliphatic heterocycles. The molecule has 2 amide bonds. The standard InChI is InChI=1S/C14H20N2O2/c1-3-5-10-8-9-16(11(10)4-2)12-6-7-13(17)15-14(12)18/h3,5,12H,4,6-9H2,1-2H3,(H,15,17,18)/b5-3-. The summed E-state index contributed by atoms with van der Waals surface area (Å²) in [5.41, 5.74) is 2.58. The molecule has 1 unspecified atom stereocenters. The molecule has 2 aliphatic rings. The Morgan fingerprint density at radius 3 is 2.78 bits per heavy atom. The van der Waals surface area contributed by atoms with Gasteiger partial charge in [-0.25, -0.2) is 0 Å². The lowest BCUT2D eigenvalue weighted by molar-refractivity contribution is -0.136. The number of hydrogen-bond donors (Lipinski definition) is 1. The predicted molar refractivity (Wildman–Crippen MR) is 69.6 cm³/mol. The van der Waals surface area contributed by atoms with Crippen molar-refractivity contribution in [2.45, 2.75) is 45.6 Å². The second-order valence-corrected chi connectivity index (χ2v) is 4.74. The van der Waals surface area contributed by atoms with Crippen LogP contribution in [-0.2, 0) is 9.59 Å². The first-order valence-electron chi connectivity index (χ1n) is 6.62. The molecule has 1 atom stereocenters. The smallest absolute Gasteiger partial charge is 0.249 e. The van der Waals surface area contributed by atoms with Crippen molar-refractivity contribution in [1.29, 1.82) is 0 Å². The molecule has 1 N–H and O–H groups in total. The van der Waals surface area contributed by atoms with Crippen molar-refractivity contribution >= 4 is 11.8 Å². The van der Waals surface area contributed by atoms with E-state index in [9.17, 15) is 9.59 Å². The van der Waals surface area contributed by atoms with E-state index in [-0.39, 0.29) is 17.9 Å². The first-order chi connectivity index (χ1) is 8.67. The van der Waals surface area contributed by atoms with Crippen LogP contribution >= 0.6 is 0 Å². The third kappa shape index (κ3) is 2.33. The van der Waals surface area contributed by atoms with Gasteiger partial charge < -0.3 is 4.90 Å². The number of nitrogens with one attached hydrogen (secondary N) is 1. The molecule has 0 spiro atoms. The summed E-state index contributed by atoms with van der Waals surface area (Å²) in [7, 11) is 0. The molecule has 0 aromatic carbocycles. The molecule has 18 heavy (non-hydrogen) atoms. The zero-order valence-electron chi connectivity index (χ0n) is 11.0. The van der Waals surface area contributed by atoms with Crippen molar-refractivity contribution in [2.75, 3.05) is 6.54 Å². The minimum absolute atomic E-state index is 0.140. The van der Waals surface area contributed by atoms with Gasteiger partial charge in [-0.1, -0.05) is 19.1 Å². The summed E-state index contributed by atoms with van der Waals surface area (Å²) in [4.78, 5) is 25.3. The molecule has 2 rings (SSSR count). The Kier molecular flexibility index (Phi) is 3.84. The van der Waals surface area contributed by atoms with E-state index in [4.69, 9.17) is 0 Å². The molecule has 1 saturated heterocycles. The number of carbonyl (C=O) groups excluding carboxylic acids is 2. The summed E-state index contributed by atoms with van der Waals surface area (Å²) >= 11 is 0. The number of nitrogens with zero attached hydrogens (tertiary/aromatic N) is 1. The Bertz CT molecular complexity index is 424. The molecule has 0 aromatic rings. The third-order valence-electron chi connectivity index (χ3n) is 3.63. The molecule has 0 aliphatic carbocycles. The monoisotopic (exact) mass is 248 g/mol. The van der Waals surface area contributed by atoms with Crippen LogP contribution in [-0.4, -0.2) is 29.3 Å². The Labute approximate surface area is 108 Å². The van der Waals surface area contributed by atoms with E-state index in [1.165, 1.54) is 11.3 Å². The van der Waals surface area contributed by atoms with Gasteiger partial charge in [-0.15, -0.1) is 0 Å². The van der Waals surface area contributed by atoms with Crippen LogP contribution in [0.15, 0.2) is 23.4 Å². The van der Waals surface area contributed by atoms with Crippen molar-refractivity contribution in [3.8, 4) is 0 Å². The fraction of sp³-hybridized carbons (Fsp3) is 0.571. The molecule has 98 valence electrons. The predicted octanol–water partition coefficient (Wildman–Crippen LogP) is 1.74. The van der Waals surface area contributed by atoms with Gasteiger partial charge in [-0.3, -0.25) is 14.9 Å². The lowest BCUT2D eigenvalue weighted by Crippen LogP contribution is -2.51. The van der Waals surface area contributed by atoms with Crippen LogP contribution < -0.4 is 5.32 Å². The number of allylic oxidation sites excluding steroid dienone is 3. The molecule has 4 nitrogen and oxygen atoms in total. The number of hydrogen-bond acceptors (Lipinski definition) is 3. The highest BCUT2D eigenvalue weighted by Crippen LogP contribution is 2.30. The lowest BCUT2D eigenvalue weighted by atomic mass is 10.0. The van der Waals surface area contributed by atoms with Gasteiger partial charge in [0.25, 0.3) is 0 Å². The minimum Gasteiger partial charge on any atom is -0.362 e. The maximum Gasteiger partial charge on any atom is 0.249 e. The van der Waals surface area contributed by atoms with Crippen molar-refractivity contribution < 1.29 is 9.59 Å². The highest BCUT2D eigenvalue weighted by atomic mass is 16.2. The number of piperidine rings is 1. The maximum absolute atomic E-state index is 11.9. The molecule has 1 fully saturated rings. The van der Waals surface area contributed by atoms with Gasteiger partial charge >= 0.3 is 0 Å². The van der Waals surface area contributed by atoms with Gasteiger partial charge in [0.1, 0.15) is 6.04 Å². The largest absolute Gasteiger partial charge is 0.362 e. The van der Waals surface area contributed by atoms with Crippen molar-refractivity contribution in [1.82, 2.24) is 10.2 Å². The van der Waals surface area contributed by atoms with Crippen LogP contribution in [0.4, 0.5) is 0 Å². The first-order valence-corrected chi connectivity index (χ1v) is 6.62. The van der Waals surface area contributed by atoms with Crippen LogP contribution in [0.3, 0.4) is 0 Å². The van der Waals surface area contributed by atoms with Gasteiger partial charge in [0.05, 0.1) is 0 Å². The number of amides is 2. The Morgan fingerprint density at radius 2 is 2.17 bits per heavy atom. The van der Waals surface area contributed by atoms with Crippen molar-refractivity contribution in [3.05, 3.63) is 23.4 Å². The molecule has 0 saturated carbocycles. The Hall–Kier alpha value is -1.58. The fourth-order valence-electron chi connectivity index (χ4n) is 2.84. The molecule has 0 aromatic heterocycles. The molecule has 2 heterocycles. The first kappa shape index (κ1) is 12.9. The average molecular weight is 248 g/mol. The number of carbonyl (C=O) groups is 2. The molecular formula is C14H20N2O2. The Balaban J connectivity index is 2.19. The summed E-state index contributed by atoms with van der Waals surface area (Å²) in [5, 5.41) is 2.44. The number of rotatable bonds is 3. The summed E-state index contributed by atoms with van der Waals surface area (Å²) < 4.78 is 0. The van der Waals surface area contributed by atoms with E-state index in [1.807, 2.05) is 13.0 Å². The fourth-order valence-corrected chi connectivity index (χ4v) is 2.84. The van der Waals surface area contributed by atoms with Crippen molar-refractivity contribution in [2.24, 2.45) is 0 Å². The van der Waals surface area contributed by atoms with Crippen LogP contribution in [0.2, 0.25) is 0 Å². The quantitative estimate of drug-likeness (QED) is 0.774. The second-order valence-electron chi connectivity index (χ2n) is 4.74. The zero-order valence-corrected chi connectivity index (χ0v) is 11.0. The molecule has 0 radical (unpaired) electrons. The molecule has 4 heteroatoms. The van der Waals surface area contributed by atoms with Gasteiger partial charge in [-0.2, -0.15) is 0 Å². The SMILES string of the molecule is C/C=C\C1=C(CC)N(C2CCC(=O)NC2=O)CC1. The van der Waals surface area contributed by atoms with E-state index in [1.54, 1.807) is 0 Å². The van der Waals surface area contributed by atoms with Crippen LogP contribution in [0.5, 0.6) is 0 Å². The van der Waals surface area contributed by atoms with E-state index in [0.29, 0.717) is 12.8 Å². The molecule has 0 bridgehead atoms. The summed E-state index contributed by atoms with van der Waals surface area (Å²) in [6.07, 6.45) is 7.17. The number of imide groups is 1. The Morgan fingerprint density at radius 1 is 1.39 bits per heavy atom. The summed E-state index contributed by atoms with van der Waals surface area (Å²) in [6.45, 7) is 5.01. The second kappa shape index (κ2) is 5.38.